The Morgan fingerprint density at radius 3 is 1.85 bits per heavy atom. The number of aromatic nitrogens is 2. The molecule has 0 atom stereocenters. The first kappa shape index (κ1) is 19.9. The summed E-state index contributed by atoms with van der Waals surface area (Å²) in [6, 6.07) is 35.7. The van der Waals surface area contributed by atoms with E-state index in [-0.39, 0.29) is 11.7 Å². The third-order valence-corrected chi connectivity index (χ3v) is 5.89. The van der Waals surface area contributed by atoms with Crippen LogP contribution >= 0.6 is 0 Å². The third kappa shape index (κ3) is 3.59. The number of rotatable bonds is 4. The fourth-order valence-corrected chi connectivity index (χ4v) is 4.25. The van der Waals surface area contributed by atoms with Crippen LogP contribution in [0.15, 0.2) is 109 Å². The van der Waals surface area contributed by atoms with Crippen molar-refractivity contribution in [3.05, 3.63) is 115 Å². The van der Waals surface area contributed by atoms with Crippen LogP contribution in [0.3, 0.4) is 0 Å². The highest BCUT2D eigenvalue weighted by Crippen LogP contribution is 2.29. The van der Waals surface area contributed by atoms with Crippen LogP contribution in [0.5, 0.6) is 0 Å². The summed E-state index contributed by atoms with van der Waals surface area (Å²) in [6.07, 6.45) is 0. The molecule has 5 heteroatoms. The van der Waals surface area contributed by atoms with Crippen molar-refractivity contribution in [2.24, 2.45) is 0 Å². The van der Waals surface area contributed by atoms with Crippen molar-refractivity contribution >= 4 is 55.5 Å². The van der Waals surface area contributed by atoms with Crippen molar-refractivity contribution < 1.29 is 4.79 Å². The maximum Gasteiger partial charge on any atom is 0.293 e. The second-order valence-electron chi connectivity index (χ2n) is 8.05. The van der Waals surface area contributed by atoms with Crippen molar-refractivity contribution in [3.8, 4) is 0 Å². The van der Waals surface area contributed by atoms with Crippen LogP contribution in [0.1, 0.15) is 10.6 Å². The fraction of sp³-hybridized carbons (Fsp3) is 0. The monoisotopic (exact) mass is 440 g/mol. The number of nitrogens with one attached hydrogen (secondary N) is 2. The Morgan fingerprint density at radius 1 is 0.559 bits per heavy atom. The summed E-state index contributed by atoms with van der Waals surface area (Å²) in [5, 5.41) is 11.5. The van der Waals surface area contributed by atoms with E-state index in [1.165, 1.54) is 0 Å². The summed E-state index contributed by atoms with van der Waals surface area (Å²) in [5.74, 6) is 0.336. The molecular weight excluding hydrogens is 420 g/mol. The lowest BCUT2D eigenvalue weighted by atomic mass is 10.1. The first-order chi connectivity index (χ1) is 16.8. The van der Waals surface area contributed by atoms with Gasteiger partial charge in [-0.25, -0.2) is 9.97 Å². The maximum atomic E-state index is 13.3. The largest absolute Gasteiger partial charge is 0.339 e. The molecule has 0 fully saturated rings. The average Bonchev–Trinajstić information content (AvgIpc) is 2.89. The van der Waals surface area contributed by atoms with E-state index in [9.17, 15) is 4.79 Å². The summed E-state index contributed by atoms with van der Waals surface area (Å²) in [7, 11) is 0. The van der Waals surface area contributed by atoms with Gasteiger partial charge in [-0.3, -0.25) is 4.79 Å². The summed E-state index contributed by atoms with van der Waals surface area (Å²) >= 11 is 0. The van der Waals surface area contributed by atoms with E-state index in [1.54, 1.807) is 0 Å². The Balaban J connectivity index is 1.42. The topological polar surface area (TPSA) is 66.9 Å². The minimum atomic E-state index is -0.358. The molecule has 0 aliphatic rings. The summed E-state index contributed by atoms with van der Waals surface area (Å²) in [4.78, 5) is 22.5. The minimum absolute atomic E-state index is 0.106. The maximum absolute atomic E-state index is 13.3. The van der Waals surface area contributed by atoms with E-state index in [0.29, 0.717) is 11.3 Å². The molecule has 0 saturated heterocycles. The minimum Gasteiger partial charge on any atom is -0.339 e. The quantitative estimate of drug-likeness (QED) is 0.312. The molecule has 1 heterocycles. The molecule has 1 amide bonds. The molecule has 0 radical (unpaired) electrons. The average molecular weight is 441 g/mol. The normalized spacial score (nSPS) is 11.1. The zero-order chi connectivity index (χ0) is 22.9. The van der Waals surface area contributed by atoms with Gasteiger partial charge < -0.3 is 10.6 Å². The van der Waals surface area contributed by atoms with Gasteiger partial charge in [-0.2, -0.15) is 0 Å². The molecule has 0 bridgehead atoms. The lowest BCUT2D eigenvalue weighted by molar-refractivity contribution is 0.101. The Kier molecular flexibility index (Phi) is 4.85. The number of hydrogen-bond donors (Lipinski definition) is 2. The van der Waals surface area contributed by atoms with Gasteiger partial charge in [-0.05, 0) is 35.0 Å². The summed E-state index contributed by atoms with van der Waals surface area (Å²) in [6.45, 7) is 0. The Hall–Kier alpha value is -4.77. The molecule has 0 unspecified atom stereocenters. The van der Waals surface area contributed by atoms with Gasteiger partial charge in [0.05, 0.1) is 5.52 Å². The van der Waals surface area contributed by atoms with Gasteiger partial charge in [-0.15, -0.1) is 0 Å². The molecule has 0 aliphatic carbocycles. The van der Waals surface area contributed by atoms with Gasteiger partial charge in [0.25, 0.3) is 5.91 Å². The molecule has 6 rings (SSSR count). The molecule has 6 aromatic rings. The van der Waals surface area contributed by atoms with Crippen LogP contribution < -0.4 is 10.6 Å². The van der Waals surface area contributed by atoms with Gasteiger partial charge in [0.2, 0.25) is 5.82 Å². The first-order valence-corrected chi connectivity index (χ1v) is 11.1. The lowest BCUT2D eigenvalue weighted by Gasteiger charge is -2.13. The number of nitrogens with zero attached hydrogens (tertiary/aromatic N) is 2. The Morgan fingerprint density at radius 2 is 1.12 bits per heavy atom. The van der Waals surface area contributed by atoms with E-state index >= 15 is 0 Å². The number of hydrogen-bond acceptors (Lipinski definition) is 4. The van der Waals surface area contributed by atoms with Crippen LogP contribution in [0.25, 0.3) is 32.4 Å². The van der Waals surface area contributed by atoms with Gasteiger partial charge in [0.1, 0.15) is 5.82 Å². The second kappa shape index (κ2) is 8.30. The number of anilines is 3. The van der Waals surface area contributed by atoms with Crippen LogP contribution in [0, 0.1) is 0 Å². The number of carbonyl (C=O) groups excluding carboxylic acids is 1. The van der Waals surface area contributed by atoms with Gasteiger partial charge >= 0.3 is 0 Å². The predicted molar refractivity (Wildman–Crippen MR) is 139 cm³/mol. The fourth-order valence-electron chi connectivity index (χ4n) is 4.25. The van der Waals surface area contributed by atoms with E-state index < -0.39 is 0 Å². The van der Waals surface area contributed by atoms with Gasteiger partial charge in [0, 0.05) is 27.5 Å². The number of benzene rings is 5. The number of carbonyl (C=O) groups is 1. The summed E-state index contributed by atoms with van der Waals surface area (Å²) in [5.41, 5.74) is 2.34. The zero-order valence-corrected chi connectivity index (χ0v) is 18.2. The van der Waals surface area contributed by atoms with Crippen molar-refractivity contribution in [2.75, 3.05) is 10.6 Å². The Bertz CT molecular complexity index is 1680. The molecule has 5 aromatic carbocycles. The molecule has 34 heavy (non-hydrogen) atoms. The zero-order valence-electron chi connectivity index (χ0n) is 18.2. The van der Waals surface area contributed by atoms with Crippen molar-refractivity contribution in [1.29, 1.82) is 0 Å². The smallest absolute Gasteiger partial charge is 0.293 e. The highest BCUT2D eigenvalue weighted by Gasteiger charge is 2.16. The third-order valence-electron chi connectivity index (χ3n) is 5.89. The lowest BCUT2D eigenvalue weighted by Crippen LogP contribution is -2.17. The molecule has 2 N–H and O–H groups in total. The second-order valence-corrected chi connectivity index (χ2v) is 8.05. The Labute approximate surface area is 196 Å². The van der Waals surface area contributed by atoms with Crippen molar-refractivity contribution in [2.45, 2.75) is 0 Å². The van der Waals surface area contributed by atoms with Gasteiger partial charge in [0.15, 0.2) is 0 Å². The van der Waals surface area contributed by atoms with Crippen LogP contribution in [-0.4, -0.2) is 15.9 Å². The van der Waals surface area contributed by atoms with E-state index in [2.05, 4.69) is 38.8 Å². The standard InChI is InChI=1S/C29H20N4O/c34-29(32-25-18-8-12-20-10-2-4-14-22(20)25)28-31-26-16-6-5-15-23(26)27(33-28)30-24-17-7-11-19-9-1-3-13-21(19)24/h1-18H,(H,32,34)(H,30,31,33). The van der Waals surface area contributed by atoms with Crippen LogP contribution in [0.2, 0.25) is 0 Å². The molecule has 5 nitrogen and oxygen atoms in total. The number of amides is 1. The molecule has 162 valence electrons. The molecule has 1 aromatic heterocycles. The molecule has 0 spiro atoms. The molecular formula is C29H20N4O. The van der Waals surface area contributed by atoms with Crippen LogP contribution in [-0.2, 0) is 0 Å². The number of para-hydroxylation sites is 1. The SMILES string of the molecule is O=C(Nc1cccc2ccccc12)c1nc(Nc2cccc3ccccc23)c2ccccc2n1. The molecule has 0 saturated carbocycles. The predicted octanol–water partition coefficient (Wildman–Crippen LogP) is 6.93. The van der Waals surface area contributed by atoms with Crippen LogP contribution in [0.4, 0.5) is 17.2 Å². The summed E-state index contributed by atoms with van der Waals surface area (Å²) < 4.78 is 0. The van der Waals surface area contributed by atoms with E-state index in [1.807, 2.05) is 91.0 Å². The highest BCUT2D eigenvalue weighted by molar-refractivity contribution is 6.09. The van der Waals surface area contributed by atoms with E-state index in [4.69, 9.17) is 0 Å². The number of fused-ring (bicyclic) bond motifs is 3. The van der Waals surface area contributed by atoms with Gasteiger partial charge in [-0.1, -0.05) is 84.9 Å². The van der Waals surface area contributed by atoms with Crippen molar-refractivity contribution in [3.63, 3.8) is 0 Å². The highest BCUT2D eigenvalue weighted by atomic mass is 16.2. The van der Waals surface area contributed by atoms with E-state index in [0.717, 1.165) is 38.3 Å². The molecule has 0 aliphatic heterocycles. The van der Waals surface area contributed by atoms with Crippen molar-refractivity contribution in [1.82, 2.24) is 9.97 Å². The first-order valence-electron chi connectivity index (χ1n) is 11.1.